The Hall–Kier alpha value is -2.70. The Morgan fingerprint density at radius 3 is 1.85 bits per heavy atom. The maximum absolute atomic E-state index is 6.23. The predicted octanol–water partition coefficient (Wildman–Crippen LogP) is 5.32. The average molecular weight is 458 g/mol. The van der Waals surface area contributed by atoms with Gasteiger partial charge in [-0.25, -0.2) is 9.97 Å². The average Bonchev–Trinajstić information content (AvgIpc) is 3.05. The first-order chi connectivity index (χ1) is 16.0. The third-order valence-electron chi connectivity index (χ3n) is 7.63. The number of rotatable bonds is 7. The van der Waals surface area contributed by atoms with Crippen LogP contribution in [0.15, 0.2) is 67.0 Å². The monoisotopic (exact) mass is 458 g/mol. The minimum atomic E-state index is -0.352. The van der Waals surface area contributed by atoms with E-state index in [1.165, 1.54) is 11.1 Å². The molecule has 1 fully saturated rings. The molecule has 0 radical (unpaired) electrons. The van der Waals surface area contributed by atoms with Crippen molar-refractivity contribution in [1.82, 2.24) is 9.97 Å². The zero-order valence-electron chi connectivity index (χ0n) is 21.3. The summed E-state index contributed by atoms with van der Waals surface area (Å²) in [5, 5.41) is 0. The largest absolute Gasteiger partial charge is 0.494 e. The minimum absolute atomic E-state index is 0.157. The number of ether oxygens (including phenoxy) is 1. The lowest BCUT2D eigenvalue weighted by molar-refractivity contribution is 0.00578. The summed E-state index contributed by atoms with van der Waals surface area (Å²) in [6.07, 6.45) is 3.45. The SMILES string of the molecule is CC(C)C(C)(c1ccc(OCc2ncccn2)cc1)c1ccc(B2OC(C)(C)C(C)(C)O2)cc1. The topological polar surface area (TPSA) is 53.5 Å². The molecule has 4 rings (SSSR count). The smallest absolute Gasteiger partial charge is 0.486 e. The van der Waals surface area contributed by atoms with E-state index >= 15 is 0 Å². The van der Waals surface area contributed by atoms with Crippen LogP contribution >= 0.6 is 0 Å². The fourth-order valence-electron chi connectivity index (χ4n) is 4.25. The molecule has 2 heterocycles. The molecular formula is C28H35BN2O3. The number of hydrogen-bond acceptors (Lipinski definition) is 5. The van der Waals surface area contributed by atoms with Crippen molar-refractivity contribution in [3.8, 4) is 5.75 Å². The van der Waals surface area contributed by atoms with Crippen LogP contribution in [0.3, 0.4) is 0 Å². The second kappa shape index (κ2) is 9.16. The fourth-order valence-corrected chi connectivity index (χ4v) is 4.25. The van der Waals surface area contributed by atoms with Gasteiger partial charge in [0.25, 0.3) is 0 Å². The Balaban J connectivity index is 1.53. The summed E-state index contributed by atoms with van der Waals surface area (Å²) in [7, 11) is -0.352. The van der Waals surface area contributed by atoms with E-state index in [1.54, 1.807) is 18.5 Å². The first-order valence-corrected chi connectivity index (χ1v) is 12.0. The van der Waals surface area contributed by atoms with Crippen molar-refractivity contribution in [1.29, 1.82) is 0 Å². The third-order valence-corrected chi connectivity index (χ3v) is 7.63. The Morgan fingerprint density at radius 1 is 0.853 bits per heavy atom. The maximum atomic E-state index is 6.23. The molecule has 34 heavy (non-hydrogen) atoms. The Bertz CT molecular complexity index is 1080. The second-order valence-electron chi connectivity index (χ2n) is 10.5. The minimum Gasteiger partial charge on any atom is -0.486 e. The van der Waals surface area contributed by atoms with Crippen molar-refractivity contribution in [3.63, 3.8) is 0 Å². The molecule has 1 aliphatic rings. The standard InChI is InChI=1S/C28H35BN2O3/c1-20(2)28(7,22-11-15-24(16-12-22)32-19-25-30-17-8-18-31-25)21-9-13-23(14-10-21)29-33-26(3,4)27(5,6)34-29/h8-18,20H,19H2,1-7H3. The van der Waals surface area contributed by atoms with Gasteiger partial charge in [0.2, 0.25) is 0 Å². The van der Waals surface area contributed by atoms with Crippen LogP contribution in [0.1, 0.15) is 65.4 Å². The summed E-state index contributed by atoms with van der Waals surface area (Å²) in [6.45, 7) is 15.5. The van der Waals surface area contributed by atoms with Gasteiger partial charge in [-0.3, -0.25) is 0 Å². The first-order valence-electron chi connectivity index (χ1n) is 12.0. The van der Waals surface area contributed by atoms with Crippen LogP contribution < -0.4 is 10.2 Å². The van der Waals surface area contributed by atoms with Crippen LogP contribution in [0, 0.1) is 5.92 Å². The summed E-state index contributed by atoms with van der Waals surface area (Å²) < 4.78 is 18.3. The molecule has 3 aromatic rings. The first kappa shape index (κ1) is 24.4. The van der Waals surface area contributed by atoms with Gasteiger partial charge in [0.1, 0.15) is 12.4 Å². The number of benzene rings is 2. The molecular weight excluding hydrogens is 423 g/mol. The van der Waals surface area contributed by atoms with Gasteiger partial charge in [-0.05, 0) is 68.4 Å². The van der Waals surface area contributed by atoms with E-state index in [1.807, 2.05) is 12.1 Å². The van der Waals surface area contributed by atoms with Gasteiger partial charge in [0, 0.05) is 17.8 Å². The van der Waals surface area contributed by atoms with Gasteiger partial charge in [-0.1, -0.05) is 57.2 Å². The van der Waals surface area contributed by atoms with Crippen molar-refractivity contribution < 1.29 is 14.0 Å². The van der Waals surface area contributed by atoms with Crippen LogP contribution in [0.4, 0.5) is 0 Å². The molecule has 2 aromatic carbocycles. The molecule has 178 valence electrons. The molecule has 1 aliphatic heterocycles. The summed E-state index contributed by atoms with van der Waals surface area (Å²) >= 11 is 0. The highest BCUT2D eigenvalue weighted by atomic mass is 16.7. The molecule has 1 aromatic heterocycles. The molecule has 0 bridgehead atoms. The number of aromatic nitrogens is 2. The molecule has 6 heteroatoms. The van der Waals surface area contributed by atoms with Crippen LogP contribution in [-0.2, 0) is 21.3 Å². The van der Waals surface area contributed by atoms with E-state index in [-0.39, 0.29) is 23.7 Å². The van der Waals surface area contributed by atoms with Crippen LogP contribution in [0.25, 0.3) is 0 Å². The fraction of sp³-hybridized carbons (Fsp3) is 0.429. The van der Waals surface area contributed by atoms with E-state index in [0.29, 0.717) is 18.3 Å². The van der Waals surface area contributed by atoms with E-state index in [0.717, 1.165) is 11.2 Å². The van der Waals surface area contributed by atoms with Crippen LogP contribution in [0.5, 0.6) is 5.75 Å². The predicted molar refractivity (Wildman–Crippen MR) is 136 cm³/mol. The quantitative estimate of drug-likeness (QED) is 0.449. The van der Waals surface area contributed by atoms with Crippen molar-refractivity contribution in [3.05, 3.63) is 83.9 Å². The maximum Gasteiger partial charge on any atom is 0.494 e. The highest BCUT2D eigenvalue weighted by Crippen LogP contribution is 2.40. The van der Waals surface area contributed by atoms with E-state index in [4.69, 9.17) is 14.0 Å². The normalized spacial score (nSPS) is 18.6. The van der Waals surface area contributed by atoms with Gasteiger partial charge in [0.15, 0.2) is 5.82 Å². The molecule has 0 N–H and O–H groups in total. The summed E-state index contributed by atoms with van der Waals surface area (Å²) in [5.41, 5.74) is 2.69. The van der Waals surface area contributed by atoms with Crippen molar-refractivity contribution in [2.45, 2.75) is 71.7 Å². The zero-order chi connectivity index (χ0) is 24.6. The highest BCUT2D eigenvalue weighted by Gasteiger charge is 2.51. The lowest BCUT2D eigenvalue weighted by Crippen LogP contribution is -2.41. The van der Waals surface area contributed by atoms with Crippen LogP contribution in [0.2, 0.25) is 0 Å². The zero-order valence-corrected chi connectivity index (χ0v) is 21.3. The summed E-state index contributed by atoms with van der Waals surface area (Å²) in [4.78, 5) is 8.42. The number of nitrogens with zero attached hydrogens (tertiary/aromatic N) is 2. The molecule has 0 saturated carbocycles. The second-order valence-corrected chi connectivity index (χ2v) is 10.5. The molecule has 1 unspecified atom stereocenters. The molecule has 1 atom stereocenters. The summed E-state index contributed by atoms with van der Waals surface area (Å²) in [5.74, 6) is 1.86. The highest BCUT2D eigenvalue weighted by molar-refractivity contribution is 6.62. The van der Waals surface area contributed by atoms with Gasteiger partial charge in [-0.15, -0.1) is 0 Å². The van der Waals surface area contributed by atoms with Gasteiger partial charge in [-0.2, -0.15) is 0 Å². The number of hydrogen-bond donors (Lipinski definition) is 0. The Kier molecular flexibility index (Phi) is 6.58. The van der Waals surface area contributed by atoms with E-state index in [2.05, 4.69) is 94.8 Å². The molecule has 0 spiro atoms. The molecule has 0 aliphatic carbocycles. The van der Waals surface area contributed by atoms with Gasteiger partial charge in [0.05, 0.1) is 11.2 Å². The lowest BCUT2D eigenvalue weighted by atomic mass is 9.67. The van der Waals surface area contributed by atoms with E-state index in [9.17, 15) is 0 Å². The van der Waals surface area contributed by atoms with Crippen molar-refractivity contribution in [2.75, 3.05) is 0 Å². The Morgan fingerprint density at radius 2 is 1.35 bits per heavy atom. The van der Waals surface area contributed by atoms with Crippen molar-refractivity contribution >= 4 is 12.6 Å². The molecule has 1 saturated heterocycles. The van der Waals surface area contributed by atoms with Gasteiger partial charge >= 0.3 is 7.12 Å². The van der Waals surface area contributed by atoms with Crippen LogP contribution in [-0.4, -0.2) is 28.3 Å². The van der Waals surface area contributed by atoms with E-state index < -0.39 is 0 Å². The van der Waals surface area contributed by atoms with Crippen molar-refractivity contribution in [2.24, 2.45) is 5.92 Å². The molecule has 0 amide bonds. The summed E-state index contributed by atoms with van der Waals surface area (Å²) in [6, 6.07) is 18.8. The third kappa shape index (κ3) is 4.62. The lowest BCUT2D eigenvalue weighted by Gasteiger charge is -2.35. The Labute approximate surface area is 204 Å². The van der Waals surface area contributed by atoms with Gasteiger partial charge < -0.3 is 14.0 Å². The molecule has 5 nitrogen and oxygen atoms in total.